The molecule has 27 heavy (non-hydrogen) atoms. The van der Waals surface area contributed by atoms with Gasteiger partial charge in [-0.3, -0.25) is 9.59 Å². The third-order valence-electron chi connectivity index (χ3n) is 6.28. The molecule has 2 fully saturated rings. The molecule has 0 radical (unpaired) electrons. The molecule has 1 aliphatic carbocycles. The third-order valence-corrected chi connectivity index (χ3v) is 6.28. The van der Waals surface area contributed by atoms with Gasteiger partial charge in [-0.25, -0.2) is 0 Å². The first-order valence-corrected chi connectivity index (χ1v) is 10.7. The van der Waals surface area contributed by atoms with Crippen molar-refractivity contribution in [2.75, 3.05) is 13.1 Å². The minimum atomic E-state index is 0.219. The minimum Gasteiger partial charge on any atom is -0.353 e. The summed E-state index contributed by atoms with van der Waals surface area (Å²) in [5.41, 5.74) is 3.80. The van der Waals surface area contributed by atoms with Gasteiger partial charge in [0.15, 0.2) is 0 Å². The summed E-state index contributed by atoms with van der Waals surface area (Å²) in [5.74, 6) is 0.706. The number of benzene rings is 1. The Balaban J connectivity index is 1.40. The molecular weight excluding hydrogens is 336 g/mol. The van der Waals surface area contributed by atoms with Crippen LogP contribution < -0.4 is 5.32 Å². The summed E-state index contributed by atoms with van der Waals surface area (Å²) >= 11 is 0. The molecule has 1 heterocycles. The molecular formula is C23H34N2O2. The molecule has 148 valence electrons. The number of likely N-dealkylation sites (tertiary alicyclic amines) is 1. The Labute approximate surface area is 163 Å². The Hall–Kier alpha value is -1.84. The van der Waals surface area contributed by atoms with Gasteiger partial charge in [0, 0.05) is 31.5 Å². The third kappa shape index (κ3) is 5.57. The fourth-order valence-corrected chi connectivity index (χ4v) is 4.48. The van der Waals surface area contributed by atoms with Crippen LogP contribution in [0.15, 0.2) is 18.2 Å². The van der Waals surface area contributed by atoms with Crippen molar-refractivity contribution in [1.82, 2.24) is 10.2 Å². The zero-order valence-corrected chi connectivity index (χ0v) is 16.9. The second-order valence-corrected chi connectivity index (χ2v) is 8.43. The summed E-state index contributed by atoms with van der Waals surface area (Å²) in [5, 5.41) is 3.24. The van der Waals surface area contributed by atoms with Gasteiger partial charge in [-0.05, 0) is 57.1 Å². The predicted octanol–water partition coefficient (Wildman–Crippen LogP) is 3.92. The molecule has 3 rings (SSSR count). The molecule has 0 atom stereocenters. The second kappa shape index (κ2) is 9.38. The fourth-order valence-electron chi connectivity index (χ4n) is 4.48. The number of nitrogens with zero attached hydrogens (tertiary/aromatic N) is 1. The van der Waals surface area contributed by atoms with E-state index in [1.54, 1.807) is 0 Å². The largest absolute Gasteiger partial charge is 0.353 e. The molecule has 0 spiro atoms. The topological polar surface area (TPSA) is 49.4 Å². The van der Waals surface area contributed by atoms with Gasteiger partial charge in [-0.2, -0.15) is 0 Å². The number of piperidine rings is 1. The lowest BCUT2D eigenvalue weighted by atomic mass is 9.88. The number of rotatable bonds is 5. The molecule has 4 nitrogen and oxygen atoms in total. The minimum absolute atomic E-state index is 0.219. The summed E-state index contributed by atoms with van der Waals surface area (Å²) in [6.45, 7) is 5.75. The SMILES string of the molecule is Cc1ccc(CCC(=O)N2CCC(NC(=O)C3CCCCC3)CC2)c(C)c1. The van der Waals surface area contributed by atoms with Crippen LogP contribution in [-0.2, 0) is 16.0 Å². The molecule has 0 unspecified atom stereocenters. The number of nitrogens with one attached hydrogen (secondary N) is 1. The Kier molecular flexibility index (Phi) is 6.92. The van der Waals surface area contributed by atoms with Crippen LogP contribution in [0.25, 0.3) is 0 Å². The standard InChI is InChI=1S/C23H34N2O2/c1-17-8-9-19(18(2)16-17)10-11-22(26)25-14-12-21(13-15-25)24-23(27)20-6-4-3-5-7-20/h8-9,16,20-21H,3-7,10-15H2,1-2H3,(H,24,27). The molecule has 1 aliphatic heterocycles. The average molecular weight is 371 g/mol. The van der Waals surface area contributed by atoms with Crippen LogP contribution in [0.5, 0.6) is 0 Å². The molecule has 4 heteroatoms. The lowest BCUT2D eigenvalue weighted by molar-refractivity contribution is -0.132. The van der Waals surface area contributed by atoms with Crippen LogP contribution >= 0.6 is 0 Å². The van der Waals surface area contributed by atoms with Crippen molar-refractivity contribution in [2.24, 2.45) is 5.92 Å². The van der Waals surface area contributed by atoms with Gasteiger partial charge in [-0.15, -0.1) is 0 Å². The summed E-state index contributed by atoms with van der Waals surface area (Å²) in [6.07, 6.45) is 8.88. The van der Waals surface area contributed by atoms with E-state index in [0.29, 0.717) is 6.42 Å². The van der Waals surface area contributed by atoms with Crippen molar-refractivity contribution in [3.8, 4) is 0 Å². The summed E-state index contributed by atoms with van der Waals surface area (Å²) in [7, 11) is 0. The Bertz CT molecular complexity index is 656. The Morgan fingerprint density at radius 2 is 1.74 bits per heavy atom. The van der Waals surface area contributed by atoms with Gasteiger partial charge in [0.2, 0.25) is 11.8 Å². The molecule has 1 saturated carbocycles. The first-order valence-electron chi connectivity index (χ1n) is 10.7. The number of amides is 2. The first-order chi connectivity index (χ1) is 13.0. The van der Waals surface area contributed by atoms with E-state index in [0.717, 1.165) is 45.2 Å². The Morgan fingerprint density at radius 3 is 2.41 bits per heavy atom. The molecule has 1 aromatic carbocycles. The zero-order chi connectivity index (χ0) is 19.2. The first kappa shape index (κ1) is 19.9. The van der Waals surface area contributed by atoms with Gasteiger partial charge in [0.05, 0.1) is 0 Å². The van der Waals surface area contributed by atoms with Crippen molar-refractivity contribution in [1.29, 1.82) is 0 Å². The lowest BCUT2D eigenvalue weighted by Gasteiger charge is -2.33. The summed E-state index contributed by atoms with van der Waals surface area (Å²) in [6, 6.07) is 6.68. The van der Waals surface area contributed by atoms with E-state index in [-0.39, 0.29) is 23.8 Å². The van der Waals surface area contributed by atoms with Crippen LogP contribution in [0.1, 0.15) is 68.1 Å². The summed E-state index contributed by atoms with van der Waals surface area (Å²) in [4.78, 5) is 26.9. The molecule has 1 saturated heterocycles. The van der Waals surface area contributed by atoms with E-state index < -0.39 is 0 Å². The number of hydrogen-bond acceptors (Lipinski definition) is 2. The number of carbonyl (C=O) groups is 2. The van der Waals surface area contributed by atoms with Crippen molar-refractivity contribution in [3.05, 3.63) is 34.9 Å². The highest BCUT2D eigenvalue weighted by atomic mass is 16.2. The van der Waals surface area contributed by atoms with Gasteiger partial charge in [0.1, 0.15) is 0 Å². The van der Waals surface area contributed by atoms with Crippen LogP contribution in [0.2, 0.25) is 0 Å². The lowest BCUT2D eigenvalue weighted by Crippen LogP contribution is -2.48. The van der Waals surface area contributed by atoms with E-state index in [2.05, 4.69) is 37.4 Å². The molecule has 1 aromatic rings. The van der Waals surface area contributed by atoms with Crippen molar-refractivity contribution >= 4 is 11.8 Å². The smallest absolute Gasteiger partial charge is 0.223 e. The van der Waals surface area contributed by atoms with Crippen LogP contribution in [0, 0.1) is 19.8 Å². The van der Waals surface area contributed by atoms with Crippen LogP contribution in [0.3, 0.4) is 0 Å². The molecule has 0 aromatic heterocycles. The highest BCUT2D eigenvalue weighted by Crippen LogP contribution is 2.24. The predicted molar refractivity (Wildman–Crippen MR) is 109 cm³/mol. The summed E-state index contributed by atoms with van der Waals surface area (Å²) < 4.78 is 0. The molecule has 2 amide bonds. The van der Waals surface area contributed by atoms with Crippen molar-refractivity contribution < 1.29 is 9.59 Å². The highest BCUT2D eigenvalue weighted by molar-refractivity contribution is 5.79. The van der Waals surface area contributed by atoms with Crippen molar-refractivity contribution in [3.63, 3.8) is 0 Å². The second-order valence-electron chi connectivity index (χ2n) is 8.43. The van der Waals surface area contributed by atoms with Gasteiger partial charge >= 0.3 is 0 Å². The van der Waals surface area contributed by atoms with Gasteiger partial charge in [-0.1, -0.05) is 43.0 Å². The van der Waals surface area contributed by atoms with E-state index in [1.165, 1.54) is 36.0 Å². The molecule has 0 bridgehead atoms. The number of hydrogen-bond donors (Lipinski definition) is 1. The monoisotopic (exact) mass is 370 g/mol. The normalized spacial score (nSPS) is 19.1. The van der Waals surface area contributed by atoms with E-state index in [4.69, 9.17) is 0 Å². The molecule has 1 N–H and O–H groups in total. The number of aryl methyl sites for hydroxylation is 3. The molecule has 2 aliphatic rings. The van der Waals surface area contributed by atoms with E-state index in [1.807, 2.05) is 4.90 Å². The van der Waals surface area contributed by atoms with E-state index in [9.17, 15) is 9.59 Å². The maximum absolute atomic E-state index is 12.6. The van der Waals surface area contributed by atoms with Gasteiger partial charge in [0.25, 0.3) is 0 Å². The van der Waals surface area contributed by atoms with Crippen molar-refractivity contribution in [2.45, 2.75) is 77.7 Å². The average Bonchev–Trinajstić information content (AvgIpc) is 2.68. The van der Waals surface area contributed by atoms with E-state index >= 15 is 0 Å². The van der Waals surface area contributed by atoms with Crippen LogP contribution in [0.4, 0.5) is 0 Å². The maximum Gasteiger partial charge on any atom is 0.223 e. The van der Waals surface area contributed by atoms with Crippen LogP contribution in [-0.4, -0.2) is 35.8 Å². The number of carbonyl (C=O) groups excluding carboxylic acids is 2. The maximum atomic E-state index is 12.6. The van der Waals surface area contributed by atoms with Gasteiger partial charge < -0.3 is 10.2 Å². The highest BCUT2D eigenvalue weighted by Gasteiger charge is 2.27. The zero-order valence-electron chi connectivity index (χ0n) is 16.9. The fraction of sp³-hybridized carbons (Fsp3) is 0.652. The quantitative estimate of drug-likeness (QED) is 0.854. The Morgan fingerprint density at radius 1 is 1.04 bits per heavy atom.